The van der Waals surface area contributed by atoms with Gasteiger partial charge >= 0.3 is 0 Å². The average Bonchev–Trinajstić information content (AvgIpc) is 3.82. The molecule has 64 heavy (non-hydrogen) atoms. The molecular weight excluding hydrogens is 773 g/mol. The molecule has 12 rings (SSSR count). The van der Waals surface area contributed by atoms with Crippen molar-refractivity contribution in [3.8, 4) is 50.2 Å². The summed E-state index contributed by atoms with van der Waals surface area (Å²) >= 11 is 0. The standard InChI is InChI=1S/C62H46N2/c1-62(2)57-20-12-11-19-54(57)55-36-35-52(40-58(55)62)63(41-42-21-23-44(24-22-42)43-13-5-3-6-14-43)50-33-29-46(30-34-50)45-25-27-47(28-26-45)49-32-37-59-56(39-49)61-53-18-10-9-15-48(53)31-38-60(61)64(59)51-16-7-4-8-17-51/h3-40H,41H2,1-2H3. The monoisotopic (exact) mass is 818 g/mol. The molecule has 0 amide bonds. The summed E-state index contributed by atoms with van der Waals surface area (Å²) in [5.74, 6) is 0. The second-order valence-corrected chi connectivity index (χ2v) is 17.8. The molecule has 304 valence electrons. The molecule has 0 bridgehead atoms. The molecule has 0 spiro atoms. The molecule has 10 aromatic carbocycles. The molecule has 0 unspecified atom stereocenters. The molecule has 0 atom stereocenters. The Morgan fingerprint density at radius 2 is 0.938 bits per heavy atom. The zero-order chi connectivity index (χ0) is 42.8. The van der Waals surface area contributed by atoms with Crippen molar-refractivity contribution in [1.82, 2.24) is 4.57 Å². The Kier molecular flexibility index (Phi) is 8.95. The lowest BCUT2D eigenvalue weighted by atomic mass is 9.82. The molecule has 0 saturated carbocycles. The maximum atomic E-state index is 2.47. The Labute approximate surface area is 375 Å². The van der Waals surface area contributed by atoms with Gasteiger partial charge in [-0.2, -0.15) is 0 Å². The van der Waals surface area contributed by atoms with Gasteiger partial charge < -0.3 is 9.47 Å². The van der Waals surface area contributed by atoms with Gasteiger partial charge in [0.25, 0.3) is 0 Å². The van der Waals surface area contributed by atoms with E-state index in [1.165, 1.54) is 105 Å². The minimum atomic E-state index is -0.0812. The number of rotatable bonds is 8. The highest BCUT2D eigenvalue weighted by atomic mass is 15.1. The first kappa shape index (κ1) is 37.8. The molecule has 1 heterocycles. The van der Waals surface area contributed by atoms with Crippen LogP contribution in [0.3, 0.4) is 0 Å². The molecule has 1 aromatic heterocycles. The second-order valence-electron chi connectivity index (χ2n) is 17.8. The molecule has 0 N–H and O–H groups in total. The zero-order valence-corrected chi connectivity index (χ0v) is 36.0. The lowest BCUT2D eigenvalue weighted by Gasteiger charge is -2.28. The van der Waals surface area contributed by atoms with E-state index in [0.717, 1.165) is 12.2 Å². The number of nitrogens with zero attached hydrogens (tertiary/aromatic N) is 2. The van der Waals surface area contributed by atoms with Gasteiger partial charge in [0.15, 0.2) is 0 Å². The number of benzene rings is 10. The second kappa shape index (κ2) is 15.1. The van der Waals surface area contributed by atoms with Crippen LogP contribution in [0.5, 0.6) is 0 Å². The quantitative estimate of drug-likeness (QED) is 0.148. The van der Waals surface area contributed by atoms with E-state index in [1.807, 2.05) is 0 Å². The molecule has 0 fully saturated rings. The number of fused-ring (bicyclic) bond motifs is 8. The molecule has 1 aliphatic carbocycles. The van der Waals surface area contributed by atoms with Gasteiger partial charge in [-0.1, -0.05) is 190 Å². The van der Waals surface area contributed by atoms with E-state index in [9.17, 15) is 0 Å². The van der Waals surface area contributed by atoms with E-state index in [2.05, 4.69) is 254 Å². The van der Waals surface area contributed by atoms with Gasteiger partial charge in [-0.3, -0.25) is 0 Å². The summed E-state index contributed by atoms with van der Waals surface area (Å²) in [6, 6.07) is 84.8. The fourth-order valence-electron chi connectivity index (χ4n) is 10.3. The number of anilines is 2. The summed E-state index contributed by atoms with van der Waals surface area (Å²) in [5.41, 5.74) is 19.9. The molecule has 2 nitrogen and oxygen atoms in total. The van der Waals surface area contributed by atoms with E-state index < -0.39 is 0 Å². The van der Waals surface area contributed by atoms with Crippen LogP contribution in [0, 0.1) is 0 Å². The van der Waals surface area contributed by atoms with Crippen LogP contribution in [0.25, 0.3) is 82.8 Å². The number of hydrogen-bond donors (Lipinski definition) is 0. The third-order valence-corrected chi connectivity index (χ3v) is 13.7. The van der Waals surface area contributed by atoms with Crippen LogP contribution >= 0.6 is 0 Å². The minimum Gasteiger partial charge on any atom is -0.337 e. The van der Waals surface area contributed by atoms with Crippen molar-refractivity contribution in [2.24, 2.45) is 0 Å². The minimum absolute atomic E-state index is 0.0812. The van der Waals surface area contributed by atoms with Gasteiger partial charge in [-0.15, -0.1) is 0 Å². The van der Waals surface area contributed by atoms with Crippen molar-refractivity contribution < 1.29 is 0 Å². The predicted molar refractivity (Wildman–Crippen MR) is 271 cm³/mol. The Morgan fingerprint density at radius 1 is 0.391 bits per heavy atom. The van der Waals surface area contributed by atoms with Crippen molar-refractivity contribution in [2.45, 2.75) is 25.8 Å². The van der Waals surface area contributed by atoms with Gasteiger partial charge in [-0.05, 0) is 127 Å². The highest BCUT2D eigenvalue weighted by Gasteiger charge is 2.35. The van der Waals surface area contributed by atoms with Crippen molar-refractivity contribution in [3.63, 3.8) is 0 Å². The highest BCUT2D eigenvalue weighted by Crippen LogP contribution is 2.50. The van der Waals surface area contributed by atoms with Gasteiger partial charge in [0.1, 0.15) is 0 Å². The first-order valence-corrected chi connectivity index (χ1v) is 22.4. The predicted octanol–water partition coefficient (Wildman–Crippen LogP) is 16.6. The summed E-state index contributed by atoms with van der Waals surface area (Å²) < 4.78 is 2.40. The molecule has 11 aromatic rings. The first-order valence-electron chi connectivity index (χ1n) is 22.4. The third kappa shape index (κ3) is 6.33. The summed E-state index contributed by atoms with van der Waals surface area (Å²) in [7, 11) is 0. The third-order valence-electron chi connectivity index (χ3n) is 13.7. The number of hydrogen-bond acceptors (Lipinski definition) is 1. The smallest absolute Gasteiger partial charge is 0.0547 e. The lowest BCUT2D eigenvalue weighted by Crippen LogP contribution is -2.19. The van der Waals surface area contributed by atoms with Gasteiger partial charge in [0.05, 0.1) is 11.0 Å². The molecular formula is C62H46N2. The zero-order valence-electron chi connectivity index (χ0n) is 36.0. The van der Waals surface area contributed by atoms with Crippen molar-refractivity contribution in [2.75, 3.05) is 4.90 Å². The van der Waals surface area contributed by atoms with Crippen LogP contribution < -0.4 is 4.90 Å². The maximum Gasteiger partial charge on any atom is 0.0547 e. The average molecular weight is 819 g/mol. The van der Waals surface area contributed by atoms with E-state index in [-0.39, 0.29) is 5.41 Å². The van der Waals surface area contributed by atoms with Crippen LogP contribution in [-0.2, 0) is 12.0 Å². The Hall–Kier alpha value is -7.94. The SMILES string of the molecule is CC1(C)c2ccccc2-c2ccc(N(Cc3ccc(-c4ccccc4)cc3)c3ccc(-c4ccc(-c5ccc6c(c5)c5c7ccccc7ccc5n6-c5ccccc5)cc4)cc3)cc21. The lowest BCUT2D eigenvalue weighted by molar-refractivity contribution is 0.660. The van der Waals surface area contributed by atoms with Crippen LogP contribution in [0.15, 0.2) is 231 Å². The number of aromatic nitrogens is 1. The maximum absolute atomic E-state index is 2.47. The Bertz CT molecular complexity index is 3510. The van der Waals surface area contributed by atoms with Crippen LogP contribution in [0.1, 0.15) is 30.5 Å². The van der Waals surface area contributed by atoms with Crippen molar-refractivity contribution >= 4 is 44.0 Å². The van der Waals surface area contributed by atoms with Crippen molar-refractivity contribution in [3.05, 3.63) is 247 Å². The van der Waals surface area contributed by atoms with Crippen molar-refractivity contribution in [1.29, 1.82) is 0 Å². The van der Waals surface area contributed by atoms with E-state index in [4.69, 9.17) is 0 Å². The highest BCUT2D eigenvalue weighted by molar-refractivity contribution is 6.21. The topological polar surface area (TPSA) is 8.17 Å². The van der Waals surface area contributed by atoms with Gasteiger partial charge in [-0.25, -0.2) is 0 Å². The van der Waals surface area contributed by atoms with Crippen LogP contribution in [0.4, 0.5) is 11.4 Å². The first-order chi connectivity index (χ1) is 31.5. The number of para-hydroxylation sites is 1. The van der Waals surface area contributed by atoms with Gasteiger partial charge in [0.2, 0.25) is 0 Å². The summed E-state index contributed by atoms with van der Waals surface area (Å²) in [6.07, 6.45) is 0. The molecule has 1 aliphatic rings. The molecule has 0 saturated heterocycles. The summed E-state index contributed by atoms with van der Waals surface area (Å²) in [6.45, 7) is 5.47. The molecule has 0 radical (unpaired) electrons. The molecule has 0 aliphatic heterocycles. The fraction of sp³-hybridized carbons (Fsp3) is 0.0645. The molecule has 2 heteroatoms. The fourth-order valence-corrected chi connectivity index (χ4v) is 10.3. The van der Waals surface area contributed by atoms with E-state index >= 15 is 0 Å². The Morgan fingerprint density at radius 3 is 1.69 bits per heavy atom. The van der Waals surface area contributed by atoms with Gasteiger partial charge in [0, 0.05) is 39.8 Å². The Balaban J connectivity index is 0.881. The van der Waals surface area contributed by atoms with E-state index in [1.54, 1.807) is 0 Å². The largest absolute Gasteiger partial charge is 0.337 e. The summed E-state index contributed by atoms with van der Waals surface area (Å²) in [4.78, 5) is 2.47. The van der Waals surface area contributed by atoms with E-state index in [0.29, 0.717) is 0 Å². The van der Waals surface area contributed by atoms with Crippen LogP contribution in [0.2, 0.25) is 0 Å². The summed E-state index contributed by atoms with van der Waals surface area (Å²) in [5, 5.41) is 5.09. The normalized spacial score (nSPS) is 12.7. The van der Waals surface area contributed by atoms with Crippen LogP contribution in [-0.4, -0.2) is 4.57 Å².